The molecule has 36 heavy (non-hydrogen) atoms. The highest BCUT2D eigenvalue weighted by Crippen LogP contribution is 2.31. The van der Waals surface area contributed by atoms with Gasteiger partial charge in [0.15, 0.2) is 17.0 Å². The van der Waals surface area contributed by atoms with Gasteiger partial charge in [-0.2, -0.15) is 8.42 Å². The van der Waals surface area contributed by atoms with Crippen LogP contribution in [-0.4, -0.2) is 89.7 Å². The summed E-state index contributed by atoms with van der Waals surface area (Å²) in [5.74, 6) is 0.688. The van der Waals surface area contributed by atoms with Crippen LogP contribution in [-0.2, 0) is 25.8 Å². The summed E-state index contributed by atoms with van der Waals surface area (Å²) >= 11 is 0. The third-order valence-corrected chi connectivity index (χ3v) is 7.07. The Labute approximate surface area is 210 Å². The zero-order valence-corrected chi connectivity index (χ0v) is 20.9. The third kappa shape index (κ3) is 6.35. The molecule has 1 aromatic carbocycles. The van der Waals surface area contributed by atoms with Crippen LogP contribution >= 0.6 is 0 Å². The standard InChI is InChI=1S/C23H32N8O4S/c24-36(32,33)34-15-19-6-7-20(35-19)31-17-28-21-22(26-16-27-23(21)31)25-8-9-29-10-12-30(13-11-29)14-18-4-2-1-3-5-18/h1-5,16-17,19-20H,6-15H2,(H2,24,32,33)(H,25,26,27)/t19-,20+/m0/s1. The summed E-state index contributed by atoms with van der Waals surface area (Å²) in [6.45, 7) is 6.76. The van der Waals surface area contributed by atoms with Gasteiger partial charge in [0.25, 0.3) is 0 Å². The van der Waals surface area contributed by atoms with Crippen molar-refractivity contribution in [2.75, 3.05) is 51.2 Å². The zero-order chi connectivity index (χ0) is 25.0. The van der Waals surface area contributed by atoms with E-state index < -0.39 is 10.3 Å². The quantitative estimate of drug-likeness (QED) is 0.400. The topological polar surface area (TPSA) is 141 Å². The predicted molar refractivity (Wildman–Crippen MR) is 134 cm³/mol. The van der Waals surface area contributed by atoms with Crippen molar-refractivity contribution in [2.45, 2.75) is 31.7 Å². The molecule has 0 bridgehead atoms. The summed E-state index contributed by atoms with van der Waals surface area (Å²) in [7, 11) is -3.99. The number of anilines is 1. The number of aromatic nitrogens is 4. The minimum Gasteiger partial charge on any atom is -0.367 e. The molecular formula is C23H32N8O4S. The van der Waals surface area contributed by atoms with Crippen molar-refractivity contribution < 1.29 is 17.3 Å². The fourth-order valence-corrected chi connectivity index (χ4v) is 5.06. The number of fused-ring (bicyclic) bond motifs is 1. The number of nitrogens with two attached hydrogens (primary N) is 1. The van der Waals surface area contributed by atoms with Crippen LogP contribution in [0.1, 0.15) is 24.6 Å². The molecule has 0 aliphatic carbocycles. The van der Waals surface area contributed by atoms with Crippen molar-refractivity contribution in [3.05, 3.63) is 48.5 Å². The average molecular weight is 517 g/mol. The molecule has 0 radical (unpaired) electrons. The van der Waals surface area contributed by atoms with Crippen molar-refractivity contribution in [2.24, 2.45) is 5.14 Å². The van der Waals surface area contributed by atoms with Crippen molar-refractivity contribution in [3.63, 3.8) is 0 Å². The maximum Gasteiger partial charge on any atom is 0.333 e. The van der Waals surface area contributed by atoms with Crippen LogP contribution in [0, 0.1) is 0 Å². The van der Waals surface area contributed by atoms with Crippen LogP contribution in [0.15, 0.2) is 43.0 Å². The van der Waals surface area contributed by atoms with Gasteiger partial charge >= 0.3 is 10.3 Å². The molecule has 0 unspecified atom stereocenters. The van der Waals surface area contributed by atoms with E-state index in [2.05, 4.69) is 64.6 Å². The minimum atomic E-state index is -3.99. The van der Waals surface area contributed by atoms with Gasteiger partial charge < -0.3 is 10.1 Å². The molecule has 3 aromatic rings. The zero-order valence-electron chi connectivity index (χ0n) is 20.1. The smallest absolute Gasteiger partial charge is 0.333 e. The van der Waals surface area contributed by atoms with E-state index in [1.807, 2.05) is 4.57 Å². The van der Waals surface area contributed by atoms with Gasteiger partial charge in [0.05, 0.1) is 19.0 Å². The van der Waals surface area contributed by atoms with Crippen LogP contribution < -0.4 is 10.5 Å². The first kappa shape index (κ1) is 25.0. The number of piperazine rings is 1. The summed E-state index contributed by atoms with van der Waals surface area (Å²) in [4.78, 5) is 18.3. The Hall–Kier alpha value is -2.68. The van der Waals surface area contributed by atoms with E-state index in [1.54, 1.807) is 6.33 Å². The molecule has 2 aromatic heterocycles. The number of rotatable bonds is 10. The molecule has 2 saturated heterocycles. The van der Waals surface area contributed by atoms with E-state index in [0.29, 0.717) is 29.8 Å². The summed E-state index contributed by atoms with van der Waals surface area (Å²) in [6, 6.07) is 10.6. The summed E-state index contributed by atoms with van der Waals surface area (Å²) in [6.07, 6.45) is 3.87. The number of hydrogen-bond acceptors (Lipinski definition) is 10. The first-order chi connectivity index (χ1) is 17.4. The minimum absolute atomic E-state index is 0.107. The van der Waals surface area contributed by atoms with E-state index in [0.717, 1.165) is 45.8 Å². The van der Waals surface area contributed by atoms with Crippen molar-refractivity contribution >= 4 is 27.3 Å². The van der Waals surface area contributed by atoms with Gasteiger partial charge in [0.1, 0.15) is 12.6 Å². The van der Waals surface area contributed by atoms with Crippen molar-refractivity contribution in [1.29, 1.82) is 0 Å². The molecule has 4 heterocycles. The highest BCUT2D eigenvalue weighted by molar-refractivity contribution is 7.84. The van der Waals surface area contributed by atoms with Gasteiger partial charge in [-0.1, -0.05) is 30.3 Å². The van der Waals surface area contributed by atoms with Crippen LogP contribution in [0.5, 0.6) is 0 Å². The number of benzene rings is 1. The van der Waals surface area contributed by atoms with Crippen LogP contribution in [0.25, 0.3) is 11.2 Å². The molecule has 13 heteroatoms. The molecule has 0 saturated carbocycles. The largest absolute Gasteiger partial charge is 0.367 e. The Morgan fingerprint density at radius 2 is 1.83 bits per heavy atom. The number of ether oxygens (including phenoxy) is 1. The summed E-state index contributed by atoms with van der Waals surface area (Å²) in [5, 5.41) is 8.32. The van der Waals surface area contributed by atoms with Crippen molar-refractivity contribution in [1.82, 2.24) is 29.3 Å². The SMILES string of the molecule is NS(=O)(=O)OC[C@@H]1CC[C@H](n2cnc3c(NCCN4CCN(Cc5ccccc5)CC4)ncnc32)O1. The van der Waals surface area contributed by atoms with E-state index in [-0.39, 0.29) is 18.9 Å². The maximum absolute atomic E-state index is 11.0. The lowest BCUT2D eigenvalue weighted by Gasteiger charge is -2.34. The molecule has 0 spiro atoms. The van der Waals surface area contributed by atoms with E-state index >= 15 is 0 Å². The van der Waals surface area contributed by atoms with Gasteiger partial charge in [0.2, 0.25) is 0 Å². The van der Waals surface area contributed by atoms with Gasteiger partial charge in [-0.15, -0.1) is 0 Å². The van der Waals surface area contributed by atoms with Gasteiger partial charge in [-0.05, 0) is 18.4 Å². The molecule has 2 aliphatic heterocycles. The number of nitrogens with one attached hydrogen (secondary N) is 1. The first-order valence-electron chi connectivity index (χ1n) is 12.2. The molecule has 2 atom stereocenters. The van der Waals surface area contributed by atoms with Crippen LogP contribution in [0.3, 0.4) is 0 Å². The van der Waals surface area contributed by atoms with Crippen LogP contribution in [0.2, 0.25) is 0 Å². The molecular weight excluding hydrogens is 484 g/mol. The van der Waals surface area contributed by atoms with Crippen molar-refractivity contribution in [3.8, 4) is 0 Å². The molecule has 5 rings (SSSR count). The highest BCUT2D eigenvalue weighted by atomic mass is 32.2. The van der Waals surface area contributed by atoms with Gasteiger partial charge in [0, 0.05) is 45.8 Å². The third-order valence-electron chi connectivity index (χ3n) is 6.61. The second-order valence-electron chi connectivity index (χ2n) is 9.14. The maximum atomic E-state index is 11.0. The lowest BCUT2D eigenvalue weighted by Crippen LogP contribution is -2.47. The lowest BCUT2D eigenvalue weighted by molar-refractivity contribution is -0.0149. The second kappa shape index (κ2) is 11.2. The van der Waals surface area contributed by atoms with Crippen LogP contribution in [0.4, 0.5) is 5.82 Å². The number of imidazole rings is 1. The van der Waals surface area contributed by atoms with E-state index in [1.165, 1.54) is 11.9 Å². The monoisotopic (exact) mass is 516 g/mol. The number of hydrogen-bond donors (Lipinski definition) is 2. The normalized spacial score (nSPS) is 21.8. The first-order valence-corrected chi connectivity index (χ1v) is 13.6. The average Bonchev–Trinajstić information content (AvgIpc) is 3.51. The fourth-order valence-electron chi connectivity index (χ4n) is 4.72. The van der Waals surface area contributed by atoms with E-state index in [4.69, 9.17) is 9.88 Å². The fraction of sp³-hybridized carbons (Fsp3) is 0.522. The molecule has 2 aliphatic rings. The Kier molecular flexibility index (Phi) is 7.74. The summed E-state index contributed by atoms with van der Waals surface area (Å²) < 4.78 is 34.5. The predicted octanol–water partition coefficient (Wildman–Crippen LogP) is 0.954. The van der Waals surface area contributed by atoms with Gasteiger partial charge in [-0.3, -0.25) is 18.6 Å². The van der Waals surface area contributed by atoms with E-state index in [9.17, 15) is 8.42 Å². The number of nitrogens with zero attached hydrogens (tertiary/aromatic N) is 6. The van der Waals surface area contributed by atoms with Gasteiger partial charge in [-0.25, -0.2) is 20.1 Å². The Morgan fingerprint density at radius 3 is 2.61 bits per heavy atom. The Morgan fingerprint density at radius 1 is 1.06 bits per heavy atom. The second-order valence-corrected chi connectivity index (χ2v) is 10.4. The Balaban J connectivity index is 1.11. The lowest BCUT2D eigenvalue weighted by atomic mass is 10.2. The molecule has 3 N–H and O–H groups in total. The molecule has 0 amide bonds. The molecule has 12 nitrogen and oxygen atoms in total. The Bertz CT molecular complexity index is 1250. The summed E-state index contributed by atoms with van der Waals surface area (Å²) in [5.41, 5.74) is 2.70. The highest BCUT2D eigenvalue weighted by Gasteiger charge is 2.29. The molecule has 194 valence electrons. The molecule has 2 fully saturated rings.